The molecule has 0 saturated carbocycles. The molecule has 0 radical (unpaired) electrons. The number of carbonyl (C=O) groups is 2. The van der Waals surface area contributed by atoms with Gasteiger partial charge in [0.15, 0.2) is 0 Å². The second-order valence-corrected chi connectivity index (χ2v) is 4.58. The average Bonchev–Trinajstić information content (AvgIpc) is 2.50. The van der Waals surface area contributed by atoms with Crippen molar-refractivity contribution in [2.24, 2.45) is 5.92 Å². The third-order valence-electron chi connectivity index (χ3n) is 1.97. The minimum absolute atomic E-state index is 0.225. The monoisotopic (exact) mass is 215 g/mol. The first-order valence-corrected chi connectivity index (χ1v) is 5.04. The Kier molecular flexibility index (Phi) is 3.68. The molecule has 0 aromatic heterocycles. The molecule has 1 saturated heterocycles. The molecular weight excluding hydrogens is 198 g/mol. The van der Waals surface area contributed by atoms with Crippen LogP contribution in [0, 0.1) is 5.92 Å². The van der Waals surface area contributed by atoms with Crippen molar-refractivity contribution in [1.29, 1.82) is 0 Å². The van der Waals surface area contributed by atoms with E-state index in [4.69, 9.17) is 4.74 Å². The number of hydrogen-bond acceptors (Lipinski definition) is 5. The minimum Gasteiger partial charge on any atom is -0.428 e. The normalized spacial score (nSPS) is 21.1. The summed E-state index contributed by atoms with van der Waals surface area (Å²) in [6, 6.07) is 0. The summed E-state index contributed by atoms with van der Waals surface area (Å²) in [5.74, 6) is -0.730. The molecule has 0 amide bonds. The summed E-state index contributed by atoms with van der Waals surface area (Å²) in [4.78, 5) is 22.5. The van der Waals surface area contributed by atoms with Crippen molar-refractivity contribution >= 4 is 12.1 Å². The van der Waals surface area contributed by atoms with Crippen LogP contribution in [0.3, 0.4) is 0 Å². The number of ether oxygens (including phenoxy) is 2. The number of hydrogen-bond donors (Lipinski definition) is 1. The lowest BCUT2D eigenvalue weighted by molar-refractivity contribution is -0.145. The van der Waals surface area contributed by atoms with Crippen LogP contribution < -0.4 is 5.32 Å². The van der Waals surface area contributed by atoms with Crippen molar-refractivity contribution in [2.75, 3.05) is 13.1 Å². The molecule has 1 aliphatic rings. The second kappa shape index (κ2) is 4.61. The maximum atomic E-state index is 11.4. The third kappa shape index (κ3) is 4.29. The zero-order valence-electron chi connectivity index (χ0n) is 9.33. The van der Waals surface area contributed by atoms with Gasteiger partial charge in [0.1, 0.15) is 5.60 Å². The van der Waals surface area contributed by atoms with Gasteiger partial charge in [-0.3, -0.25) is 4.79 Å². The number of rotatable bonds is 1. The highest BCUT2D eigenvalue weighted by atomic mass is 16.7. The zero-order valence-corrected chi connectivity index (χ0v) is 9.33. The van der Waals surface area contributed by atoms with Crippen molar-refractivity contribution < 1.29 is 19.1 Å². The van der Waals surface area contributed by atoms with E-state index in [1.165, 1.54) is 0 Å². The maximum absolute atomic E-state index is 11.4. The van der Waals surface area contributed by atoms with Crippen LogP contribution in [0.15, 0.2) is 0 Å². The molecule has 1 atom stereocenters. The molecule has 86 valence electrons. The van der Waals surface area contributed by atoms with E-state index in [2.05, 4.69) is 10.1 Å². The van der Waals surface area contributed by atoms with E-state index < -0.39 is 17.7 Å². The molecule has 0 aromatic carbocycles. The topological polar surface area (TPSA) is 64.6 Å². The average molecular weight is 215 g/mol. The fraction of sp³-hybridized carbons (Fsp3) is 0.800. The van der Waals surface area contributed by atoms with Crippen LogP contribution in [0.2, 0.25) is 0 Å². The summed E-state index contributed by atoms with van der Waals surface area (Å²) < 4.78 is 9.44. The zero-order chi connectivity index (χ0) is 11.5. The van der Waals surface area contributed by atoms with Crippen LogP contribution in [-0.4, -0.2) is 30.8 Å². The SMILES string of the molecule is CC(C)(C)OC(=O)OC(=O)C1CCNC1. The van der Waals surface area contributed by atoms with Gasteiger partial charge in [-0.15, -0.1) is 0 Å². The first-order chi connectivity index (χ1) is 6.88. The van der Waals surface area contributed by atoms with Gasteiger partial charge in [0.05, 0.1) is 5.92 Å². The van der Waals surface area contributed by atoms with E-state index >= 15 is 0 Å². The number of esters is 1. The van der Waals surface area contributed by atoms with Crippen LogP contribution in [0.25, 0.3) is 0 Å². The lowest BCUT2D eigenvalue weighted by Crippen LogP contribution is -2.29. The first-order valence-electron chi connectivity index (χ1n) is 5.04. The molecular formula is C10H17NO4. The van der Waals surface area contributed by atoms with E-state index in [0.29, 0.717) is 13.0 Å². The molecule has 0 bridgehead atoms. The Bertz CT molecular complexity index is 251. The van der Waals surface area contributed by atoms with E-state index in [1.807, 2.05) is 0 Å². The second-order valence-electron chi connectivity index (χ2n) is 4.58. The van der Waals surface area contributed by atoms with Gasteiger partial charge in [0.2, 0.25) is 0 Å². The van der Waals surface area contributed by atoms with Crippen molar-refractivity contribution in [3.8, 4) is 0 Å². The first kappa shape index (κ1) is 12.0. The van der Waals surface area contributed by atoms with Gasteiger partial charge in [-0.25, -0.2) is 4.79 Å². The van der Waals surface area contributed by atoms with Gasteiger partial charge in [-0.2, -0.15) is 0 Å². The van der Waals surface area contributed by atoms with Crippen LogP contribution in [0.4, 0.5) is 4.79 Å². The minimum atomic E-state index is -0.917. The molecule has 1 N–H and O–H groups in total. The predicted molar refractivity (Wildman–Crippen MR) is 53.3 cm³/mol. The van der Waals surface area contributed by atoms with Gasteiger partial charge in [-0.1, -0.05) is 0 Å². The van der Waals surface area contributed by atoms with E-state index in [9.17, 15) is 9.59 Å². The van der Waals surface area contributed by atoms with Gasteiger partial charge in [0.25, 0.3) is 0 Å². The molecule has 0 aromatic rings. The van der Waals surface area contributed by atoms with Crippen LogP contribution in [-0.2, 0) is 14.3 Å². The smallest absolute Gasteiger partial charge is 0.428 e. The van der Waals surface area contributed by atoms with Crippen LogP contribution in [0.1, 0.15) is 27.2 Å². The third-order valence-corrected chi connectivity index (χ3v) is 1.97. The predicted octanol–water partition coefficient (Wildman–Crippen LogP) is 1.07. The molecule has 0 spiro atoms. The van der Waals surface area contributed by atoms with Gasteiger partial charge < -0.3 is 14.8 Å². The van der Waals surface area contributed by atoms with Crippen LogP contribution >= 0.6 is 0 Å². The molecule has 5 nitrogen and oxygen atoms in total. The molecule has 15 heavy (non-hydrogen) atoms. The Balaban J connectivity index is 2.34. The van der Waals surface area contributed by atoms with E-state index in [0.717, 1.165) is 6.54 Å². The molecule has 1 rings (SSSR count). The molecule has 1 unspecified atom stereocenters. The maximum Gasteiger partial charge on any atom is 0.516 e. The summed E-state index contributed by atoms with van der Waals surface area (Å²) >= 11 is 0. The number of carbonyl (C=O) groups excluding carboxylic acids is 2. The van der Waals surface area contributed by atoms with Gasteiger partial charge in [0, 0.05) is 6.54 Å². The largest absolute Gasteiger partial charge is 0.516 e. The quantitative estimate of drug-likeness (QED) is 0.523. The Hall–Kier alpha value is -1.10. The Morgan fingerprint density at radius 3 is 2.47 bits per heavy atom. The highest BCUT2D eigenvalue weighted by Crippen LogP contribution is 2.12. The highest BCUT2D eigenvalue weighted by molar-refractivity contribution is 5.83. The van der Waals surface area contributed by atoms with Gasteiger partial charge in [-0.05, 0) is 33.7 Å². The molecule has 1 fully saturated rings. The summed E-state index contributed by atoms with van der Waals surface area (Å²) in [5.41, 5.74) is -0.634. The lowest BCUT2D eigenvalue weighted by atomic mass is 10.1. The summed E-state index contributed by atoms with van der Waals surface area (Å²) in [7, 11) is 0. The summed E-state index contributed by atoms with van der Waals surface area (Å²) in [6.45, 7) is 6.51. The highest BCUT2D eigenvalue weighted by Gasteiger charge is 2.28. The molecule has 1 aliphatic heterocycles. The number of nitrogens with one attached hydrogen (secondary N) is 1. The Morgan fingerprint density at radius 1 is 1.33 bits per heavy atom. The fourth-order valence-electron chi connectivity index (χ4n) is 1.29. The lowest BCUT2D eigenvalue weighted by Gasteiger charge is -2.18. The Labute approximate surface area is 89.1 Å². The van der Waals surface area contributed by atoms with Crippen molar-refractivity contribution in [1.82, 2.24) is 5.32 Å². The van der Waals surface area contributed by atoms with Crippen molar-refractivity contribution in [3.63, 3.8) is 0 Å². The van der Waals surface area contributed by atoms with Gasteiger partial charge >= 0.3 is 12.1 Å². The standard InChI is InChI=1S/C10H17NO4/c1-10(2,3)15-9(13)14-8(12)7-4-5-11-6-7/h7,11H,4-6H2,1-3H3. The Morgan fingerprint density at radius 2 is 2.00 bits per heavy atom. The molecule has 1 heterocycles. The van der Waals surface area contributed by atoms with E-state index in [1.54, 1.807) is 20.8 Å². The molecule has 0 aliphatic carbocycles. The van der Waals surface area contributed by atoms with Crippen LogP contribution in [0.5, 0.6) is 0 Å². The van der Waals surface area contributed by atoms with E-state index in [-0.39, 0.29) is 5.92 Å². The summed E-state index contributed by atoms with van der Waals surface area (Å²) in [6.07, 6.45) is -0.207. The summed E-state index contributed by atoms with van der Waals surface area (Å²) in [5, 5.41) is 3.02. The van der Waals surface area contributed by atoms with Crippen molar-refractivity contribution in [3.05, 3.63) is 0 Å². The van der Waals surface area contributed by atoms with Crippen molar-refractivity contribution in [2.45, 2.75) is 32.8 Å². The molecule has 5 heteroatoms. The fourth-order valence-corrected chi connectivity index (χ4v) is 1.29.